The topological polar surface area (TPSA) is 71.5 Å². The van der Waals surface area contributed by atoms with E-state index in [0.717, 1.165) is 6.66 Å². The molecule has 0 fully saturated rings. The van der Waals surface area contributed by atoms with Crippen LogP contribution in [-0.2, 0) is 20.0 Å². The number of halogens is 6. The van der Waals surface area contributed by atoms with Crippen LogP contribution in [0.1, 0.15) is 27.7 Å². The summed E-state index contributed by atoms with van der Waals surface area (Å²) in [7, 11) is -13.6. The molecule has 0 aliphatic heterocycles. The first-order chi connectivity index (χ1) is 10.7. The molecule has 0 saturated carbocycles. The Labute approximate surface area is 143 Å². The summed E-state index contributed by atoms with van der Waals surface area (Å²) in [5, 5.41) is 0. The molecule has 0 bridgehead atoms. The van der Waals surface area contributed by atoms with E-state index in [1.165, 1.54) is 27.7 Å². The first kappa shape index (κ1) is 24.9. The van der Waals surface area contributed by atoms with Crippen molar-refractivity contribution >= 4 is 26.8 Å². The molecular formula is C11H22F6NO4PS2. The van der Waals surface area contributed by atoms with E-state index >= 15 is 0 Å². The molecule has 0 N–H and O–H groups in total. The summed E-state index contributed by atoms with van der Waals surface area (Å²) in [6.07, 6.45) is -1.31. The number of sulfonamides is 2. The third-order valence-corrected chi connectivity index (χ3v) is 18.1. The standard InChI is InChI=1S/C11H22F6NO4PS2/c1-6-23(5,7-2,8-9(3)4)18(24(19,20)10(12,13)14)25(21,22)11(15,16)17/h9H,6-8H2,1-5H3. The second-order valence-electron chi connectivity index (χ2n) is 6.53. The first-order valence-corrected chi connectivity index (χ1v) is 13.2. The van der Waals surface area contributed by atoms with Gasteiger partial charge in [0.2, 0.25) is 0 Å². The van der Waals surface area contributed by atoms with Crippen LogP contribution in [0.4, 0.5) is 26.3 Å². The molecule has 0 heterocycles. The van der Waals surface area contributed by atoms with E-state index in [1.54, 1.807) is 0 Å². The van der Waals surface area contributed by atoms with Crippen molar-refractivity contribution in [2.45, 2.75) is 38.7 Å². The van der Waals surface area contributed by atoms with Gasteiger partial charge in [0.15, 0.2) is 0 Å². The van der Waals surface area contributed by atoms with Gasteiger partial charge in [0, 0.05) is 0 Å². The molecule has 0 spiro atoms. The maximum atomic E-state index is 13.1. The van der Waals surface area contributed by atoms with Crippen LogP contribution < -0.4 is 0 Å². The van der Waals surface area contributed by atoms with Crippen molar-refractivity contribution in [3.63, 3.8) is 0 Å². The van der Waals surface area contributed by atoms with Gasteiger partial charge in [-0.1, -0.05) is 0 Å². The van der Waals surface area contributed by atoms with E-state index in [-0.39, 0.29) is 0 Å². The molecule has 0 aliphatic rings. The van der Waals surface area contributed by atoms with Crippen molar-refractivity contribution in [2.75, 3.05) is 25.2 Å². The molecule has 0 unspecified atom stereocenters. The Bertz CT molecular complexity index is 651. The first-order valence-electron chi connectivity index (χ1n) is 7.15. The van der Waals surface area contributed by atoms with Crippen molar-refractivity contribution in [1.29, 1.82) is 0 Å². The summed E-state index contributed by atoms with van der Waals surface area (Å²) in [6, 6.07) is 0. The molecule has 0 aromatic heterocycles. The van der Waals surface area contributed by atoms with Crippen LogP contribution >= 0.6 is 6.75 Å². The molecule has 0 rings (SSSR count). The summed E-state index contributed by atoms with van der Waals surface area (Å²) >= 11 is 0. The van der Waals surface area contributed by atoms with E-state index in [9.17, 15) is 43.2 Å². The normalized spacial score (nSPS) is 16.9. The molecule has 0 atom stereocenters. The Kier molecular flexibility index (Phi) is 6.76. The van der Waals surface area contributed by atoms with Crippen LogP contribution in [0.2, 0.25) is 0 Å². The van der Waals surface area contributed by atoms with Gasteiger partial charge in [0.1, 0.15) is 0 Å². The van der Waals surface area contributed by atoms with Gasteiger partial charge in [-0.2, -0.15) is 0 Å². The third kappa shape index (κ3) is 4.24. The van der Waals surface area contributed by atoms with Crippen LogP contribution in [0.15, 0.2) is 0 Å². The van der Waals surface area contributed by atoms with Crippen molar-refractivity contribution < 1.29 is 43.2 Å². The van der Waals surface area contributed by atoms with Crippen LogP contribution in [0.3, 0.4) is 0 Å². The van der Waals surface area contributed by atoms with Crippen molar-refractivity contribution in [1.82, 2.24) is 3.48 Å². The molecule has 0 aromatic carbocycles. The fourth-order valence-electron chi connectivity index (χ4n) is 2.80. The number of hydrogen-bond acceptors (Lipinski definition) is 4. The number of rotatable bonds is 7. The van der Waals surface area contributed by atoms with Gasteiger partial charge in [-0.25, -0.2) is 0 Å². The SMILES string of the molecule is CCP(C)(CC)(CC(C)C)N(S(=O)(=O)C(F)(F)F)S(=O)(=O)C(F)(F)F. The van der Waals surface area contributed by atoms with E-state index in [1.807, 2.05) is 0 Å². The quantitative estimate of drug-likeness (QED) is 0.445. The van der Waals surface area contributed by atoms with Crippen LogP contribution in [0.25, 0.3) is 0 Å². The van der Waals surface area contributed by atoms with E-state index < -0.39 is 65.7 Å². The molecule has 0 amide bonds. The number of nitrogens with zero attached hydrogens (tertiary/aromatic N) is 1. The van der Waals surface area contributed by atoms with Gasteiger partial charge >= 0.3 is 143 Å². The zero-order chi connectivity index (χ0) is 20.7. The van der Waals surface area contributed by atoms with Crippen LogP contribution in [0.5, 0.6) is 0 Å². The monoisotopic (exact) mass is 441 g/mol. The molecule has 0 radical (unpaired) electrons. The van der Waals surface area contributed by atoms with Gasteiger partial charge in [0.25, 0.3) is 0 Å². The Morgan fingerprint density at radius 2 is 1.12 bits per heavy atom. The predicted molar refractivity (Wildman–Crippen MR) is 85.4 cm³/mol. The molecule has 0 saturated heterocycles. The average Bonchev–Trinajstić information content (AvgIpc) is 2.34. The summed E-state index contributed by atoms with van der Waals surface area (Å²) in [4.78, 5) is 0. The zero-order valence-electron chi connectivity index (χ0n) is 14.3. The molecule has 25 heavy (non-hydrogen) atoms. The minimum atomic E-state index is -6.78. The Morgan fingerprint density at radius 1 is 0.840 bits per heavy atom. The average molecular weight is 441 g/mol. The third-order valence-electron chi connectivity index (χ3n) is 4.20. The van der Waals surface area contributed by atoms with E-state index in [4.69, 9.17) is 0 Å². The van der Waals surface area contributed by atoms with Crippen molar-refractivity contribution in [2.24, 2.45) is 5.92 Å². The summed E-state index contributed by atoms with van der Waals surface area (Å²) in [5.41, 5.74) is -12.4. The van der Waals surface area contributed by atoms with Crippen LogP contribution in [-0.4, -0.2) is 56.5 Å². The van der Waals surface area contributed by atoms with E-state index in [2.05, 4.69) is 0 Å². The maximum absolute atomic E-state index is 13.1. The molecule has 0 aromatic rings. The minimum absolute atomic E-state index is 0.400. The molecule has 14 heteroatoms. The van der Waals surface area contributed by atoms with Gasteiger partial charge in [-0.15, -0.1) is 0 Å². The van der Waals surface area contributed by atoms with Gasteiger partial charge in [0.05, 0.1) is 0 Å². The molecule has 0 aliphatic carbocycles. The van der Waals surface area contributed by atoms with Crippen molar-refractivity contribution in [3.05, 3.63) is 0 Å². The fraction of sp³-hybridized carbons (Fsp3) is 1.00. The Balaban J connectivity index is 7.28. The summed E-state index contributed by atoms with van der Waals surface area (Å²) in [5.74, 6) is -0.531. The molecule has 154 valence electrons. The van der Waals surface area contributed by atoms with Gasteiger partial charge < -0.3 is 0 Å². The zero-order valence-corrected chi connectivity index (χ0v) is 16.8. The number of hydrogen-bond donors (Lipinski definition) is 0. The van der Waals surface area contributed by atoms with Crippen molar-refractivity contribution in [3.8, 4) is 0 Å². The Morgan fingerprint density at radius 3 is 1.28 bits per heavy atom. The van der Waals surface area contributed by atoms with Gasteiger partial charge in [-0.3, -0.25) is 0 Å². The van der Waals surface area contributed by atoms with Gasteiger partial charge in [-0.05, 0) is 0 Å². The number of alkyl halides is 6. The second-order valence-corrected chi connectivity index (χ2v) is 17.4. The summed E-state index contributed by atoms with van der Waals surface area (Å²) < 4.78 is 125. The second kappa shape index (κ2) is 6.79. The van der Waals surface area contributed by atoms with E-state index in [0.29, 0.717) is 0 Å². The fourth-order valence-corrected chi connectivity index (χ4v) is 16.1. The molecule has 5 nitrogen and oxygen atoms in total. The summed E-state index contributed by atoms with van der Waals surface area (Å²) in [6.45, 7) is 1.57. The predicted octanol–water partition coefficient (Wildman–Crippen LogP) is 3.78. The van der Waals surface area contributed by atoms with Crippen LogP contribution in [0, 0.1) is 5.92 Å². The Hall–Kier alpha value is -0.130. The molecular weight excluding hydrogens is 419 g/mol.